The predicted molar refractivity (Wildman–Crippen MR) is 70.2 cm³/mol. The van der Waals surface area contributed by atoms with Crippen molar-refractivity contribution in [3.63, 3.8) is 0 Å². The molecule has 2 N–H and O–H groups in total. The Morgan fingerprint density at radius 3 is 2.47 bits per heavy atom. The van der Waals surface area contributed by atoms with Gasteiger partial charge in [0, 0.05) is 6.04 Å². The molecular formula is C9H13BrN2O3S2. The van der Waals surface area contributed by atoms with E-state index in [4.69, 9.17) is 5.73 Å². The SMILES string of the molecule is CC(C)N(CC(N)=O)S(=O)(=O)c1ccc(Br)s1. The van der Waals surface area contributed by atoms with Gasteiger partial charge in [-0.25, -0.2) is 8.42 Å². The topological polar surface area (TPSA) is 80.5 Å². The van der Waals surface area contributed by atoms with Crippen LogP contribution in [0.1, 0.15) is 13.8 Å². The van der Waals surface area contributed by atoms with Crippen LogP contribution in [0.4, 0.5) is 0 Å². The zero-order valence-corrected chi connectivity index (χ0v) is 12.6. The number of nitrogens with zero attached hydrogens (tertiary/aromatic N) is 1. The van der Waals surface area contributed by atoms with Crippen LogP contribution in [-0.4, -0.2) is 31.2 Å². The van der Waals surface area contributed by atoms with Crippen molar-refractivity contribution in [3.8, 4) is 0 Å². The summed E-state index contributed by atoms with van der Waals surface area (Å²) >= 11 is 4.31. The van der Waals surface area contributed by atoms with Crippen molar-refractivity contribution in [3.05, 3.63) is 15.9 Å². The molecule has 0 aliphatic heterocycles. The Balaban J connectivity index is 3.13. The molecule has 17 heavy (non-hydrogen) atoms. The smallest absolute Gasteiger partial charge is 0.253 e. The summed E-state index contributed by atoms with van der Waals surface area (Å²) in [6.45, 7) is 3.09. The molecule has 0 saturated carbocycles. The Morgan fingerprint density at radius 1 is 1.53 bits per heavy atom. The average Bonchev–Trinajstić information content (AvgIpc) is 2.61. The highest BCUT2D eigenvalue weighted by molar-refractivity contribution is 9.11. The first-order chi connectivity index (χ1) is 7.75. The third-order valence-corrected chi connectivity index (χ3v) is 6.11. The lowest BCUT2D eigenvalue weighted by Crippen LogP contribution is -2.42. The monoisotopic (exact) mass is 340 g/mol. The van der Waals surface area contributed by atoms with E-state index in [1.165, 1.54) is 6.07 Å². The third-order valence-electron chi connectivity index (χ3n) is 2.00. The normalized spacial score (nSPS) is 12.3. The molecule has 1 aromatic heterocycles. The van der Waals surface area contributed by atoms with E-state index < -0.39 is 15.9 Å². The Kier molecular flexibility index (Phi) is 4.70. The van der Waals surface area contributed by atoms with Crippen molar-refractivity contribution >= 4 is 43.2 Å². The van der Waals surface area contributed by atoms with Crippen LogP contribution in [0.15, 0.2) is 20.1 Å². The van der Waals surface area contributed by atoms with Crippen LogP contribution in [0.5, 0.6) is 0 Å². The van der Waals surface area contributed by atoms with Crippen molar-refractivity contribution in [1.82, 2.24) is 4.31 Å². The second-order valence-electron chi connectivity index (χ2n) is 3.67. The molecule has 0 bridgehead atoms. The summed E-state index contributed by atoms with van der Waals surface area (Å²) in [5.41, 5.74) is 5.06. The molecule has 5 nitrogen and oxygen atoms in total. The first kappa shape index (κ1) is 14.6. The molecule has 0 aliphatic rings. The van der Waals surface area contributed by atoms with Gasteiger partial charge in [0.05, 0.1) is 10.3 Å². The molecule has 0 aliphatic carbocycles. The van der Waals surface area contributed by atoms with E-state index in [1.54, 1.807) is 19.9 Å². The van der Waals surface area contributed by atoms with E-state index in [0.29, 0.717) is 0 Å². The van der Waals surface area contributed by atoms with Gasteiger partial charge >= 0.3 is 0 Å². The molecule has 0 spiro atoms. The van der Waals surface area contributed by atoms with Crippen LogP contribution < -0.4 is 5.73 Å². The second-order valence-corrected chi connectivity index (χ2v) is 8.25. The van der Waals surface area contributed by atoms with E-state index >= 15 is 0 Å². The van der Waals surface area contributed by atoms with Gasteiger partial charge in [-0.1, -0.05) is 0 Å². The largest absolute Gasteiger partial charge is 0.369 e. The van der Waals surface area contributed by atoms with Crippen LogP contribution in [0.3, 0.4) is 0 Å². The molecule has 8 heteroatoms. The van der Waals surface area contributed by atoms with Gasteiger partial charge in [-0.3, -0.25) is 4.79 Å². The molecule has 0 fully saturated rings. The van der Waals surface area contributed by atoms with Crippen molar-refractivity contribution in [2.45, 2.75) is 24.1 Å². The van der Waals surface area contributed by atoms with Gasteiger partial charge in [-0.15, -0.1) is 11.3 Å². The highest BCUT2D eigenvalue weighted by Gasteiger charge is 2.29. The standard InChI is InChI=1S/C9H13BrN2O3S2/c1-6(2)12(5-8(11)13)17(14,15)9-4-3-7(10)16-9/h3-4,6H,5H2,1-2H3,(H2,11,13). The van der Waals surface area contributed by atoms with Gasteiger partial charge in [-0.05, 0) is 41.9 Å². The van der Waals surface area contributed by atoms with Gasteiger partial charge in [0.25, 0.3) is 10.0 Å². The minimum absolute atomic E-state index is 0.194. The Hall–Kier alpha value is -0.440. The quantitative estimate of drug-likeness (QED) is 0.879. The molecule has 1 aromatic rings. The van der Waals surface area contributed by atoms with Crippen LogP contribution in [0.25, 0.3) is 0 Å². The third kappa shape index (κ3) is 3.51. The Bertz CT molecular complexity index is 510. The van der Waals surface area contributed by atoms with E-state index in [2.05, 4.69) is 15.9 Å². The van der Waals surface area contributed by atoms with Crippen LogP contribution in [0, 0.1) is 0 Å². The minimum Gasteiger partial charge on any atom is -0.369 e. The van der Waals surface area contributed by atoms with Crippen LogP contribution in [0.2, 0.25) is 0 Å². The molecular weight excluding hydrogens is 328 g/mol. The van der Waals surface area contributed by atoms with Gasteiger partial charge < -0.3 is 5.73 Å². The molecule has 1 rings (SSSR count). The summed E-state index contributed by atoms with van der Waals surface area (Å²) in [7, 11) is -3.65. The summed E-state index contributed by atoms with van der Waals surface area (Å²) in [5, 5.41) is 0. The molecule has 0 aromatic carbocycles. The van der Waals surface area contributed by atoms with E-state index in [1.807, 2.05) is 0 Å². The molecule has 0 saturated heterocycles. The average molecular weight is 341 g/mol. The molecule has 96 valence electrons. The Labute approximate surface area is 113 Å². The van der Waals surface area contributed by atoms with Crippen LogP contribution in [-0.2, 0) is 14.8 Å². The molecule has 1 heterocycles. The summed E-state index contributed by atoms with van der Waals surface area (Å²) in [6.07, 6.45) is 0. The number of sulfonamides is 1. The number of hydrogen-bond acceptors (Lipinski definition) is 4. The Morgan fingerprint density at radius 2 is 2.12 bits per heavy atom. The zero-order chi connectivity index (χ0) is 13.2. The number of carbonyl (C=O) groups is 1. The van der Waals surface area contributed by atoms with E-state index in [0.717, 1.165) is 19.4 Å². The first-order valence-corrected chi connectivity index (χ1v) is 7.85. The maximum absolute atomic E-state index is 12.2. The lowest BCUT2D eigenvalue weighted by Gasteiger charge is -2.23. The van der Waals surface area contributed by atoms with Gasteiger partial charge in [0.15, 0.2) is 0 Å². The number of primary amides is 1. The summed E-state index contributed by atoms with van der Waals surface area (Å²) in [5.74, 6) is -0.669. The predicted octanol–water partition coefficient (Wildman–Crippen LogP) is 1.40. The van der Waals surface area contributed by atoms with Gasteiger partial charge in [0.1, 0.15) is 4.21 Å². The van der Waals surface area contributed by atoms with Crippen molar-refractivity contribution in [2.24, 2.45) is 5.73 Å². The maximum atomic E-state index is 12.2. The molecule has 0 unspecified atom stereocenters. The number of halogens is 1. The summed E-state index contributed by atoms with van der Waals surface area (Å²) in [6, 6.07) is 2.83. The lowest BCUT2D eigenvalue weighted by atomic mass is 10.4. The number of carbonyl (C=O) groups excluding carboxylic acids is 1. The summed E-state index contributed by atoms with van der Waals surface area (Å²) < 4.78 is 26.5. The van der Waals surface area contributed by atoms with Crippen molar-refractivity contribution in [2.75, 3.05) is 6.54 Å². The van der Waals surface area contributed by atoms with Gasteiger partial charge in [-0.2, -0.15) is 4.31 Å². The maximum Gasteiger partial charge on any atom is 0.253 e. The highest BCUT2D eigenvalue weighted by Crippen LogP contribution is 2.29. The summed E-state index contributed by atoms with van der Waals surface area (Å²) in [4.78, 5) is 10.9. The number of hydrogen-bond donors (Lipinski definition) is 1. The number of rotatable bonds is 5. The van der Waals surface area contributed by atoms with Crippen molar-refractivity contribution in [1.29, 1.82) is 0 Å². The fourth-order valence-electron chi connectivity index (χ4n) is 1.25. The zero-order valence-electron chi connectivity index (χ0n) is 9.38. The van der Waals surface area contributed by atoms with Crippen LogP contribution >= 0.6 is 27.3 Å². The second kappa shape index (κ2) is 5.47. The van der Waals surface area contributed by atoms with Crippen molar-refractivity contribution < 1.29 is 13.2 Å². The molecule has 0 radical (unpaired) electrons. The van der Waals surface area contributed by atoms with Gasteiger partial charge in [0.2, 0.25) is 5.91 Å². The first-order valence-electron chi connectivity index (χ1n) is 4.80. The number of thiophene rings is 1. The fourth-order valence-corrected chi connectivity index (χ4v) is 4.99. The highest BCUT2D eigenvalue weighted by atomic mass is 79.9. The fraction of sp³-hybridized carbons (Fsp3) is 0.444. The molecule has 0 atom stereocenters. The minimum atomic E-state index is -3.65. The lowest BCUT2D eigenvalue weighted by molar-refractivity contribution is -0.118. The van der Waals surface area contributed by atoms with E-state index in [9.17, 15) is 13.2 Å². The number of nitrogens with two attached hydrogens (primary N) is 1. The van der Waals surface area contributed by atoms with E-state index in [-0.39, 0.29) is 16.8 Å². The molecule has 1 amide bonds. The number of amides is 1.